The molecular weight excluding hydrogens is 495 g/mol. The van der Waals surface area contributed by atoms with Gasteiger partial charge < -0.3 is 24.3 Å². The van der Waals surface area contributed by atoms with Gasteiger partial charge in [0.25, 0.3) is 0 Å². The molecule has 12 heteroatoms. The molecule has 2 aromatic heterocycles. The van der Waals surface area contributed by atoms with E-state index in [9.17, 15) is 4.79 Å². The number of benzene rings is 1. The SMILES string of the molecule is CC(NP(Oc1ccccc1)OC(C)C1CCC(n2cnc3c(N)ncnc32)O1)C(=O)OCC(C)(C)C. The first-order chi connectivity index (χ1) is 17.6. The first kappa shape index (κ1) is 27.2. The van der Waals surface area contributed by atoms with Crippen LogP contribution in [0.15, 0.2) is 43.0 Å². The number of carbonyl (C=O) groups excluding carboxylic acids is 1. The number of anilines is 1. The lowest BCUT2D eigenvalue weighted by atomic mass is 9.99. The van der Waals surface area contributed by atoms with E-state index in [-0.39, 0.29) is 29.8 Å². The fraction of sp³-hybridized carbons (Fsp3) is 0.520. The van der Waals surface area contributed by atoms with Crippen LogP contribution in [0.2, 0.25) is 0 Å². The molecular formula is C25H35N6O5P. The molecule has 37 heavy (non-hydrogen) atoms. The van der Waals surface area contributed by atoms with E-state index in [2.05, 4.69) is 20.0 Å². The number of fused-ring (bicyclic) bond motifs is 1. The number of ether oxygens (including phenoxy) is 2. The van der Waals surface area contributed by atoms with Crippen molar-refractivity contribution in [2.24, 2.45) is 5.41 Å². The highest BCUT2D eigenvalue weighted by molar-refractivity contribution is 7.45. The summed E-state index contributed by atoms with van der Waals surface area (Å²) in [6.07, 6.45) is 3.84. The summed E-state index contributed by atoms with van der Waals surface area (Å²) in [6, 6.07) is 8.72. The number of aromatic nitrogens is 4. The number of hydrogen-bond donors (Lipinski definition) is 2. The lowest BCUT2D eigenvalue weighted by Gasteiger charge is -2.27. The Morgan fingerprint density at radius 2 is 1.97 bits per heavy atom. The second-order valence-electron chi connectivity index (χ2n) is 10.3. The molecule has 1 aliphatic heterocycles. The first-order valence-corrected chi connectivity index (χ1v) is 13.5. The standard InChI is InChI=1S/C25H35N6O5P/c1-16(24(32)33-13-25(3,4)5)30-37(36-18-9-7-6-8-10-18)35-17(2)19-11-12-20(34-19)31-15-29-21-22(26)27-14-28-23(21)31/h6-10,14-17,19-20,30H,11-13H2,1-5H3,(H2,26,27,28). The van der Waals surface area contributed by atoms with E-state index in [1.807, 2.05) is 62.6 Å². The average molecular weight is 531 g/mol. The zero-order valence-electron chi connectivity index (χ0n) is 21.8. The van der Waals surface area contributed by atoms with Crippen LogP contribution in [-0.4, -0.2) is 50.3 Å². The molecule has 3 aromatic rings. The highest BCUT2D eigenvalue weighted by Crippen LogP contribution is 2.41. The summed E-state index contributed by atoms with van der Waals surface area (Å²) in [6.45, 7) is 10.0. The van der Waals surface area contributed by atoms with Crippen molar-refractivity contribution < 1.29 is 23.3 Å². The molecule has 5 unspecified atom stereocenters. The van der Waals surface area contributed by atoms with Gasteiger partial charge >= 0.3 is 14.5 Å². The number of esters is 1. The fourth-order valence-corrected chi connectivity index (χ4v) is 5.10. The summed E-state index contributed by atoms with van der Waals surface area (Å²) in [4.78, 5) is 25.2. The smallest absolute Gasteiger partial charge is 0.323 e. The minimum atomic E-state index is -1.68. The molecule has 3 heterocycles. The minimum Gasteiger partial charge on any atom is -0.464 e. The Kier molecular flexibility index (Phi) is 8.59. The minimum absolute atomic E-state index is 0.125. The number of carbonyl (C=O) groups is 1. The van der Waals surface area contributed by atoms with Crippen molar-refractivity contribution in [1.82, 2.24) is 24.6 Å². The molecule has 0 amide bonds. The maximum Gasteiger partial charge on any atom is 0.323 e. The van der Waals surface area contributed by atoms with Crippen molar-refractivity contribution >= 4 is 31.5 Å². The molecule has 0 spiro atoms. The van der Waals surface area contributed by atoms with Crippen LogP contribution in [0.4, 0.5) is 5.82 Å². The van der Waals surface area contributed by atoms with E-state index in [1.165, 1.54) is 6.33 Å². The molecule has 11 nitrogen and oxygen atoms in total. The number of nitrogens with one attached hydrogen (secondary N) is 1. The van der Waals surface area contributed by atoms with E-state index in [1.54, 1.807) is 13.3 Å². The Bertz CT molecular complexity index is 1190. The molecule has 0 bridgehead atoms. The molecule has 1 aliphatic rings. The van der Waals surface area contributed by atoms with Gasteiger partial charge in [0.15, 0.2) is 11.5 Å². The van der Waals surface area contributed by atoms with E-state index >= 15 is 0 Å². The molecule has 4 rings (SSSR count). The second kappa shape index (κ2) is 11.7. The van der Waals surface area contributed by atoms with Crippen LogP contribution in [0.3, 0.4) is 0 Å². The Morgan fingerprint density at radius 3 is 2.70 bits per heavy atom. The lowest BCUT2D eigenvalue weighted by molar-refractivity contribution is -0.148. The van der Waals surface area contributed by atoms with Gasteiger partial charge in [0.2, 0.25) is 0 Å². The Balaban J connectivity index is 1.40. The van der Waals surface area contributed by atoms with Crippen LogP contribution < -0.4 is 15.3 Å². The predicted molar refractivity (Wildman–Crippen MR) is 140 cm³/mol. The topological polar surface area (TPSA) is 136 Å². The van der Waals surface area contributed by atoms with Crippen LogP contribution in [0.5, 0.6) is 5.75 Å². The quantitative estimate of drug-likeness (QED) is 0.287. The van der Waals surface area contributed by atoms with Gasteiger partial charge in [-0.15, -0.1) is 0 Å². The van der Waals surface area contributed by atoms with Gasteiger partial charge in [-0.2, -0.15) is 0 Å². The average Bonchev–Trinajstić information content (AvgIpc) is 3.50. The lowest BCUT2D eigenvalue weighted by Crippen LogP contribution is -2.36. The third-order valence-electron chi connectivity index (χ3n) is 5.74. The molecule has 1 aromatic carbocycles. The van der Waals surface area contributed by atoms with Gasteiger partial charge in [-0.05, 0) is 44.2 Å². The van der Waals surface area contributed by atoms with Crippen molar-refractivity contribution in [3.8, 4) is 5.75 Å². The molecule has 0 radical (unpaired) electrons. The molecule has 3 N–H and O–H groups in total. The maximum absolute atomic E-state index is 12.6. The third-order valence-corrected chi connectivity index (χ3v) is 7.24. The number of rotatable bonds is 10. The predicted octanol–water partition coefficient (Wildman–Crippen LogP) is 4.36. The van der Waals surface area contributed by atoms with E-state index < -0.39 is 14.6 Å². The van der Waals surface area contributed by atoms with Gasteiger partial charge in [0.05, 0.1) is 25.1 Å². The maximum atomic E-state index is 12.6. The second-order valence-corrected chi connectivity index (χ2v) is 11.4. The van der Waals surface area contributed by atoms with Crippen LogP contribution in [0.1, 0.15) is 53.7 Å². The summed E-state index contributed by atoms with van der Waals surface area (Å²) in [5.74, 6) is 0.608. The third kappa shape index (κ3) is 7.13. The largest absolute Gasteiger partial charge is 0.464 e. The summed E-state index contributed by atoms with van der Waals surface area (Å²) in [7, 11) is -1.68. The fourth-order valence-electron chi connectivity index (χ4n) is 3.77. The van der Waals surface area contributed by atoms with Crippen molar-refractivity contribution in [2.45, 2.75) is 71.9 Å². The Labute approximate surface area is 218 Å². The molecule has 200 valence electrons. The zero-order chi connectivity index (χ0) is 26.6. The number of hydrogen-bond acceptors (Lipinski definition) is 10. The highest BCUT2D eigenvalue weighted by Gasteiger charge is 2.35. The van der Waals surface area contributed by atoms with Crippen LogP contribution >= 0.6 is 8.53 Å². The van der Waals surface area contributed by atoms with Gasteiger partial charge in [-0.1, -0.05) is 39.0 Å². The van der Waals surface area contributed by atoms with Crippen molar-refractivity contribution in [3.63, 3.8) is 0 Å². The zero-order valence-corrected chi connectivity index (χ0v) is 22.7. The summed E-state index contributed by atoms with van der Waals surface area (Å²) >= 11 is 0. The van der Waals surface area contributed by atoms with Gasteiger partial charge in [0, 0.05) is 0 Å². The summed E-state index contributed by atoms with van der Waals surface area (Å²) < 4.78 is 26.1. The van der Waals surface area contributed by atoms with Crippen LogP contribution in [0.25, 0.3) is 11.2 Å². The van der Waals surface area contributed by atoms with Crippen molar-refractivity contribution in [3.05, 3.63) is 43.0 Å². The van der Waals surface area contributed by atoms with Crippen LogP contribution in [-0.2, 0) is 18.8 Å². The summed E-state index contributed by atoms with van der Waals surface area (Å²) in [5, 5.41) is 3.17. The Morgan fingerprint density at radius 1 is 1.22 bits per heavy atom. The van der Waals surface area contributed by atoms with Crippen molar-refractivity contribution in [2.75, 3.05) is 12.3 Å². The highest BCUT2D eigenvalue weighted by atomic mass is 31.2. The van der Waals surface area contributed by atoms with E-state index in [0.717, 1.165) is 12.8 Å². The number of imidazole rings is 1. The van der Waals surface area contributed by atoms with Crippen LogP contribution in [0, 0.1) is 5.41 Å². The molecule has 0 aliphatic carbocycles. The number of nitrogens with two attached hydrogens (primary N) is 1. The van der Waals surface area contributed by atoms with Gasteiger partial charge in [-0.3, -0.25) is 9.36 Å². The van der Waals surface area contributed by atoms with Gasteiger partial charge in [-0.25, -0.2) is 20.0 Å². The first-order valence-electron chi connectivity index (χ1n) is 12.3. The van der Waals surface area contributed by atoms with Gasteiger partial charge in [0.1, 0.15) is 29.9 Å². The van der Waals surface area contributed by atoms with E-state index in [0.29, 0.717) is 29.3 Å². The normalized spacial score (nSPS) is 20.5. The Hall–Kier alpha value is -2.85. The number of para-hydroxylation sites is 1. The molecule has 5 atom stereocenters. The van der Waals surface area contributed by atoms with E-state index in [4.69, 9.17) is 24.3 Å². The molecule has 0 saturated carbocycles. The monoisotopic (exact) mass is 530 g/mol. The molecule has 1 saturated heterocycles. The number of nitrogen functional groups attached to an aromatic ring is 1. The number of nitrogens with zero attached hydrogens (tertiary/aromatic N) is 4. The summed E-state index contributed by atoms with van der Waals surface area (Å²) in [5.41, 5.74) is 6.98. The molecule has 1 fully saturated rings. The van der Waals surface area contributed by atoms with Crippen molar-refractivity contribution in [1.29, 1.82) is 0 Å².